The van der Waals surface area contributed by atoms with Crippen LogP contribution in [0.4, 0.5) is 0 Å². The lowest BCUT2D eigenvalue weighted by Crippen LogP contribution is -2.17. The summed E-state index contributed by atoms with van der Waals surface area (Å²) in [7, 11) is 0. The molecule has 0 aromatic carbocycles. The first kappa shape index (κ1) is 8.75. The Labute approximate surface area is 68.6 Å². The van der Waals surface area contributed by atoms with E-state index in [-0.39, 0.29) is 0 Å². The predicted molar refractivity (Wildman–Crippen MR) is 46.7 cm³/mol. The molecule has 0 amide bonds. The maximum atomic E-state index is 5.59. The minimum absolute atomic E-state index is 0.472. The summed E-state index contributed by atoms with van der Waals surface area (Å²) in [4.78, 5) is 0. The molecule has 0 aromatic rings. The topological polar surface area (TPSA) is 21.3 Å². The zero-order valence-corrected chi connectivity index (χ0v) is 7.01. The fraction of sp³-hybridized carbons (Fsp3) is 0.778. The van der Waals surface area contributed by atoms with Gasteiger partial charge in [0.25, 0.3) is 0 Å². The summed E-state index contributed by atoms with van der Waals surface area (Å²) < 4.78 is 5.59. The van der Waals surface area contributed by atoms with Gasteiger partial charge in [-0.2, -0.15) is 0 Å². The van der Waals surface area contributed by atoms with Crippen LogP contribution in [0.2, 0.25) is 0 Å². The van der Waals surface area contributed by atoms with E-state index >= 15 is 0 Å². The number of allylic oxidation sites excluding steroid dienone is 1. The van der Waals surface area contributed by atoms with Crippen LogP contribution in [0.25, 0.3) is 0 Å². The molecule has 0 saturated carbocycles. The van der Waals surface area contributed by atoms with E-state index in [1.165, 1.54) is 6.42 Å². The lowest BCUT2D eigenvalue weighted by atomic mass is 10.3. The number of unbranched alkanes of at least 4 members (excludes halogenated alkanes) is 1. The van der Waals surface area contributed by atoms with Gasteiger partial charge in [-0.25, -0.2) is 0 Å². The molecule has 0 spiro atoms. The first-order valence-corrected chi connectivity index (χ1v) is 4.36. The van der Waals surface area contributed by atoms with Crippen LogP contribution in [0.1, 0.15) is 19.3 Å². The third kappa shape index (κ3) is 3.54. The van der Waals surface area contributed by atoms with Crippen molar-refractivity contribution in [3.05, 3.63) is 12.7 Å². The summed E-state index contributed by atoms with van der Waals surface area (Å²) in [6.07, 6.45) is 5.77. The van der Waals surface area contributed by atoms with E-state index in [0.29, 0.717) is 6.10 Å². The van der Waals surface area contributed by atoms with Gasteiger partial charge in [-0.1, -0.05) is 6.08 Å². The van der Waals surface area contributed by atoms with Crippen molar-refractivity contribution in [2.45, 2.75) is 25.4 Å². The highest BCUT2D eigenvalue weighted by molar-refractivity contribution is 4.71. The highest BCUT2D eigenvalue weighted by atomic mass is 16.5. The van der Waals surface area contributed by atoms with Gasteiger partial charge in [-0.15, -0.1) is 6.58 Å². The van der Waals surface area contributed by atoms with Crippen LogP contribution < -0.4 is 5.32 Å². The van der Waals surface area contributed by atoms with E-state index in [0.717, 1.165) is 32.5 Å². The van der Waals surface area contributed by atoms with Gasteiger partial charge in [-0.05, 0) is 25.8 Å². The smallest absolute Gasteiger partial charge is 0.0711 e. The van der Waals surface area contributed by atoms with E-state index in [2.05, 4.69) is 11.9 Å². The Bertz CT molecular complexity index is 108. The Morgan fingerprint density at radius 2 is 2.55 bits per heavy atom. The molecule has 2 nitrogen and oxygen atoms in total. The Morgan fingerprint density at radius 1 is 1.64 bits per heavy atom. The number of hydrogen-bond acceptors (Lipinski definition) is 2. The van der Waals surface area contributed by atoms with Crippen molar-refractivity contribution in [3.63, 3.8) is 0 Å². The molecule has 11 heavy (non-hydrogen) atoms. The van der Waals surface area contributed by atoms with Crippen molar-refractivity contribution in [3.8, 4) is 0 Å². The van der Waals surface area contributed by atoms with E-state index in [9.17, 15) is 0 Å². The summed E-state index contributed by atoms with van der Waals surface area (Å²) in [5, 5.41) is 3.27. The molecule has 2 heteroatoms. The van der Waals surface area contributed by atoms with Crippen LogP contribution in [-0.4, -0.2) is 25.8 Å². The highest BCUT2D eigenvalue weighted by Gasteiger charge is 2.13. The van der Waals surface area contributed by atoms with Crippen molar-refractivity contribution < 1.29 is 4.74 Å². The maximum Gasteiger partial charge on any atom is 0.0711 e. The van der Waals surface area contributed by atoms with Crippen molar-refractivity contribution in [2.75, 3.05) is 19.7 Å². The van der Waals surface area contributed by atoms with Crippen LogP contribution in [0.3, 0.4) is 0 Å². The molecule has 64 valence electrons. The summed E-state index contributed by atoms with van der Waals surface area (Å²) in [5.41, 5.74) is 0. The molecule has 1 saturated heterocycles. The molecule has 0 unspecified atom stereocenters. The normalized spacial score (nSPS) is 23.8. The Kier molecular flexibility index (Phi) is 4.24. The molecular formula is C9H17NO. The molecule has 1 fully saturated rings. The molecule has 1 heterocycles. The molecule has 1 N–H and O–H groups in total. The van der Waals surface area contributed by atoms with Crippen LogP contribution in [0.15, 0.2) is 12.7 Å². The van der Waals surface area contributed by atoms with E-state index in [1.54, 1.807) is 0 Å². The second-order valence-corrected chi connectivity index (χ2v) is 2.92. The largest absolute Gasteiger partial charge is 0.377 e. The summed E-state index contributed by atoms with van der Waals surface area (Å²) in [5.74, 6) is 0. The minimum atomic E-state index is 0.472. The van der Waals surface area contributed by atoms with Gasteiger partial charge in [0, 0.05) is 13.2 Å². The van der Waals surface area contributed by atoms with Crippen molar-refractivity contribution in [1.82, 2.24) is 5.32 Å². The van der Waals surface area contributed by atoms with Crippen molar-refractivity contribution in [2.24, 2.45) is 0 Å². The average Bonchev–Trinajstić information content (AvgIpc) is 2.50. The third-order valence-corrected chi connectivity index (χ3v) is 1.92. The van der Waals surface area contributed by atoms with E-state index in [4.69, 9.17) is 4.74 Å². The molecule has 0 bridgehead atoms. The standard InChI is InChI=1S/C9H17NO/c1-2-3-4-7-11-9-5-6-10-8-9/h2,9-10H,1,3-8H2/t9-/m1/s1. The molecule has 1 atom stereocenters. The summed E-state index contributed by atoms with van der Waals surface area (Å²) in [6.45, 7) is 6.70. The van der Waals surface area contributed by atoms with Gasteiger partial charge in [0.05, 0.1) is 6.10 Å². The lowest BCUT2D eigenvalue weighted by Gasteiger charge is -2.08. The average molecular weight is 155 g/mol. The number of nitrogens with one attached hydrogen (secondary N) is 1. The molecule has 0 aliphatic carbocycles. The number of rotatable bonds is 5. The molecule has 1 aliphatic rings. The Balaban J connectivity index is 1.89. The molecule has 0 aromatic heterocycles. The van der Waals surface area contributed by atoms with E-state index in [1.807, 2.05) is 6.08 Å². The first-order valence-electron chi connectivity index (χ1n) is 4.36. The van der Waals surface area contributed by atoms with Crippen molar-refractivity contribution in [1.29, 1.82) is 0 Å². The molecule has 0 radical (unpaired) electrons. The van der Waals surface area contributed by atoms with Crippen LogP contribution in [-0.2, 0) is 4.74 Å². The SMILES string of the molecule is C=CCCCO[C@@H]1CCNC1. The third-order valence-electron chi connectivity index (χ3n) is 1.92. The monoisotopic (exact) mass is 155 g/mol. The fourth-order valence-corrected chi connectivity index (χ4v) is 1.25. The maximum absolute atomic E-state index is 5.59. The molecule has 1 aliphatic heterocycles. The molecular weight excluding hydrogens is 138 g/mol. The van der Waals surface area contributed by atoms with E-state index < -0.39 is 0 Å². The number of hydrogen-bond donors (Lipinski definition) is 1. The summed E-state index contributed by atoms with van der Waals surface area (Å²) in [6, 6.07) is 0. The van der Waals surface area contributed by atoms with Gasteiger partial charge in [-0.3, -0.25) is 0 Å². The van der Waals surface area contributed by atoms with Crippen LogP contribution in [0.5, 0.6) is 0 Å². The van der Waals surface area contributed by atoms with Crippen LogP contribution in [0, 0.1) is 0 Å². The molecule has 1 rings (SSSR count). The minimum Gasteiger partial charge on any atom is -0.377 e. The second kappa shape index (κ2) is 5.33. The zero-order chi connectivity index (χ0) is 7.94. The fourth-order valence-electron chi connectivity index (χ4n) is 1.25. The van der Waals surface area contributed by atoms with Gasteiger partial charge in [0.2, 0.25) is 0 Å². The van der Waals surface area contributed by atoms with Crippen LogP contribution >= 0.6 is 0 Å². The lowest BCUT2D eigenvalue weighted by molar-refractivity contribution is 0.0658. The van der Waals surface area contributed by atoms with Gasteiger partial charge in [0.15, 0.2) is 0 Å². The second-order valence-electron chi connectivity index (χ2n) is 2.92. The number of ether oxygens (including phenoxy) is 1. The Hall–Kier alpha value is -0.340. The first-order chi connectivity index (χ1) is 5.43. The zero-order valence-electron chi connectivity index (χ0n) is 7.01. The van der Waals surface area contributed by atoms with Gasteiger partial charge < -0.3 is 10.1 Å². The predicted octanol–water partition coefficient (Wildman–Crippen LogP) is 1.33. The summed E-state index contributed by atoms with van der Waals surface area (Å²) >= 11 is 0. The highest BCUT2D eigenvalue weighted by Crippen LogP contribution is 2.03. The quantitative estimate of drug-likeness (QED) is 0.477. The Morgan fingerprint density at radius 3 is 3.18 bits per heavy atom. The van der Waals surface area contributed by atoms with Gasteiger partial charge >= 0.3 is 0 Å². The van der Waals surface area contributed by atoms with Crippen molar-refractivity contribution >= 4 is 0 Å². The van der Waals surface area contributed by atoms with Gasteiger partial charge in [0.1, 0.15) is 0 Å².